The van der Waals surface area contributed by atoms with Crippen LogP contribution in [0.1, 0.15) is 12.3 Å². The van der Waals surface area contributed by atoms with E-state index in [1.807, 2.05) is 0 Å². The molecule has 5 nitrogen and oxygen atoms in total. The van der Waals surface area contributed by atoms with E-state index in [2.05, 4.69) is 15.2 Å². The molecule has 2 heterocycles. The van der Waals surface area contributed by atoms with Crippen LogP contribution in [0.3, 0.4) is 0 Å². The zero-order chi connectivity index (χ0) is 11.4. The molecule has 0 spiro atoms. The number of halogens is 1. The number of aromatic nitrogens is 3. The van der Waals surface area contributed by atoms with Crippen LogP contribution in [0.15, 0.2) is 27.5 Å². The highest BCUT2D eigenvalue weighted by molar-refractivity contribution is 6.17. The summed E-state index contributed by atoms with van der Waals surface area (Å²) in [6.45, 7) is 0. The number of pyridine rings is 1. The fourth-order valence-corrected chi connectivity index (χ4v) is 1.37. The Balaban J connectivity index is 2.18. The van der Waals surface area contributed by atoms with E-state index in [4.69, 9.17) is 16.0 Å². The largest absolute Gasteiger partial charge is 0.421 e. The van der Waals surface area contributed by atoms with Crippen LogP contribution in [0.4, 0.5) is 0 Å². The SMILES string of the molecule is O=c1ccc(-c2nnc(CCCCl)o2)c[nH]1. The summed E-state index contributed by atoms with van der Waals surface area (Å²) in [5.41, 5.74) is 0.537. The third-order valence-electron chi connectivity index (χ3n) is 2.02. The molecule has 0 saturated carbocycles. The normalized spacial score (nSPS) is 10.6. The van der Waals surface area contributed by atoms with Crippen molar-refractivity contribution in [2.75, 3.05) is 5.88 Å². The van der Waals surface area contributed by atoms with Gasteiger partial charge in [-0.1, -0.05) is 0 Å². The minimum Gasteiger partial charge on any atom is -0.421 e. The van der Waals surface area contributed by atoms with Gasteiger partial charge in [0.1, 0.15) is 0 Å². The number of aromatic amines is 1. The van der Waals surface area contributed by atoms with Gasteiger partial charge in [0, 0.05) is 24.6 Å². The van der Waals surface area contributed by atoms with Crippen LogP contribution in [0.2, 0.25) is 0 Å². The maximum atomic E-state index is 10.9. The number of hydrogen-bond donors (Lipinski definition) is 1. The maximum Gasteiger partial charge on any atom is 0.249 e. The second-order valence-corrected chi connectivity index (χ2v) is 3.61. The lowest BCUT2D eigenvalue weighted by Gasteiger charge is -1.92. The van der Waals surface area contributed by atoms with Crippen LogP contribution in [-0.4, -0.2) is 21.1 Å². The zero-order valence-electron chi connectivity index (χ0n) is 8.44. The first-order valence-corrected chi connectivity index (χ1v) is 5.40. The van der Waals surface area contributed by atoms with E-state index in [9.17, 15) is 4.79 Å². The number of nitrogens with zero attached hydrogens (tertiary/aromatic N) is 2. The molecular formula is C10H10ClN3O2. The maximum absolute atomic E-state index is 10.9. The van der Waals surface area contributed by atoms with Crippen molar-refractivity contribution in [3.8, 4) is 11.5 Å². The van der Waals surface area contributed by atoms with Gasteiger partial charge < -0.3 is 9.40 Å². The summed E-state index contributed by atoms with van der Waals surface area (Å²) < 4.78 is 5.41. The van der Waals surface area contributed by atoms with Gasteiger partial charge in [-0.2, -0.15) is 0 Å². The lowest BCUT2D eigenvalue weighted by molar-refractivity contribution is 0.502. The molecule has 0 amide bonds. The van der Waals surface area contributed by atoms with Crippen LogP contribution >= 0.6 is 11.6 Å². The average molecular weight is 240 g/mol. The molecule has 0 bridgehead atoms. The van der Waals surface area contributed by atoms with Crippen LogP contribution in [-0.2, 0) is 6.42 Å². The van der Waals surface area contributed by atoms with Crippen molar-refractivity contribution < 1.29 is 4.42 Å². The zero-order valence-corrected chi connectivity index (χ0v) is 9.20. The predicted octanol–water partition coefficient (Wildman–Crippen LogP) is 1.60. The Morgan fingerprint density at radius 1 is 1.38 bits per heavy atom. The van der Waals surface area contributed by atoms with E-state index in [0.717, 1.165) is 6.42 Å². The summed E-state index contributed by atoms with van der Waals surface area (Å²) in [4.78, 5) is 13.4. The van der Waals surface area contributed by atoms with Gasteiger partial charge in [0.25, 0.3) is 0 Å². The summed E-state index contributed by atoms with van der Waals surface area (Å²) >= 11 is 5.56. The highest BCUT2D eigenvalue weighted by atomic mass is 35.5. The molecule has 0 aliphatic rings. The van der Waals surface area contributed by atoms with E-state index in [1.54, 1.807) is 12.3 Å². The summed E-state index contributed by atoms with van der Waals surface area (Å²) in [7, 11) is 0. The molecule has 2 aromatic rings. The van der Waals surface area contributed by atoms with Crippen molar-refractivity contribution in [1.82, 2.24) is 15.2 Å². The quantitative estimate of drug-likeness (QED) is 0.823. The standard InChI is InChI=1S/C10H10ClN3O2/c11-5-1-2-9-13-14-10(16-9)7-3-4-8(15)12-6-7/h3-4,6H,1-2,5H2,(H,12,15). The molecule has 0 fully saturated rings. The van der Waals surface area contributed by atoms with E-state index in [1.165, 1.54) is 6.07 Å². The van der Waals surface area contributed by atoms with Gasteiger partial charge in [-0.05, 0) is 12.5 Å². The molecule has 0 atom stereocenters. The Hall–Kier alpha value is -1.62. The van der Waals surface area contributed by atoms with Gasteiger partial charge in [-0.15, -0.1) is 21.8 Å². The molecular weight excluding hydrogens is 230 g/mol. The number of alkyl halides is 1. The third kappa shape index (κ3) is 2.49. The molecule has 16 heavy (non-hydrogen) atoms. The van der Waals surface area contributed by atoms with Gasteiger partial charge >= 0.3 is 0 Å². The van der Waals surface area contributed by atoms with Crippen molar-refractivity contribution in [2.45, 2.75) is 12.8 Å². The molecule has 84 valence electrons. The smallest absolute Gasteiger partial charge is 0.249 e. The Morgan fingerprint density at radius 2 is 2.25 bits per heavy atom. The third-order valence-corrected chi connectivity index (χ3v) is 2.29. The van der Waals surface area contributed by atoms with Crippen molar-refractivity contribution in [1.29, 1.82) is 0 Å². The number of rotatable bonds is 4. The molecule has 6 heteroatoms. The predicted molar refractivity (Wildman–Crippen MR) is 59.4 cm³/mol. The average Bonchev–Trinajstić information content (AvgIpc) is 2.76. The molecule has 0 radical (unpaired) electrons. The van der Waals surface area contributed by atoms with Crippen LogP contribution < -0.4 is 5.56 Å². The first kappa shape index (κ1) is 10.9. The second-order valence-electron chi connectivity index (χ2n) is 3.24. The lowest BCUT2D eigenvalue weighted by atomic mass is 10.3. The van der Waals surface area contributed by atoms with Crippen LogP contribution in [0.5, 0.6) is 0 Å². The minimum absolute atomic E-state index is 0.161. The summed E-state index contributed by atoms with van der Waals surface area (Å²) in [5.74, 6) is 1.53. The van der Waals surface area contributed by atoms with Crippen molar-refractivity contribution in [2.24, 2.45) is 0 Å². The van der Waals surface area contributed by atoms with Crippen LogP contribution in [0.25, 0.3) is 11.5 Å². The molecule has 0 aromatic carbocycles. The Labute approximate surface area is 96.5 Å². The monoisotopic (exact) mass is 239 g/mol. The number of H-pyrrole nitrogens is 1. The first-order valence-electron chi connectivity index (χ1n) is 4.87. The lowest BCUT2D eigenvalue weighted by Crippen LogP contribution is -2.01. The summed E-state index contributed by atoms with van der Waals surface area (Å²) in [5, 5.41) is 7.77. The van der Waals surface area contributed by atoms with Crippen molar-refractivity contribution >= 4 is 11.6 Å². The molecule has 2 rings (SSSR count). The highest BCUT2D eigenvalue weighted by Crippen LogP contribution is 2.15. The molecule has 0 unspecified atom stereocenters. The fourth-order valence-electron chi connectivity index (χ4n) is 1.23. The highest BCUT2D eigenvalue weighted by Gasteiger charge is 2.07. The molecule has 1 N–H and O–H groups in total. The Morgan fingerprint density at radius 3 is 2.94 bits per heavy atom. The van der Waals surface area contributed by atoms with Crippen molar-refractivity contribution in [3.05, 3.63) is 34.6 Å². The first-order chi connectivity index (χ1) is 7.79. The topological polar surface area (TPSA) is 71.8 Å². The summed E-state index contributed by atoms with van der Waals surface area (Å²) in [6, 6.07) is 3.05. The van der Waals surface area contributed by atoms with Gasteiger partial charge in [-0.25, -0.2) is 0 Å². The Kier molecular flexibility index (Phi) is 3.36. The van der Waals surface area contributed by atoms with Gasteiger partial charge in [-0.3, -0.25) is 4.79 Å². The Bertz CT molecular complexity index is 500. The van der Waals surface area contributed by atoms with E-state index < -0.39 is 0 Å². The van der Waals surface area contributed by atoms with Crippen LogP contribution in [0, 0.1) is 0 Å². The van der Waals surface area contributed by atoms with E-state index in [-0.39, 0.29) is 5.56 Å². The van der Waals surface area contributed by atoms with Crippen molar-refractivity contribution in [3.63, 3.8) is 0 Å². The summed E-state index contributed by atoms with van der Waals surface area (Å²) in [6.07, 6.45) is 3.01. The number of nitrogens with one attached hydrogen (secondary N) is 1. The number of aryl methyl sites for hydroxylation is 1. The van der Waals surface area contributed by atoms with Gasteiger partial charge in [0.15, 0.2) is 0 Å². The van der Waals surface area contributed by atoms with Gasteiger partial charge in [0.2, 0.25) is 17.3 Å². The second kappa shape index (κ2) is 4.94. The van der Waals surface area contributed by atoms with E-state index >= 15 is 0 Å². The molecule has 2 aromatic heterocycles. The molecule has 0 aliphatic carbocycles. The fraction of sp³-hybridized carbons (Fsp3) is 0.300. The molecule has 0 saturated heterocycles. The minimum atomic E-state index is -0.161. The molecule has 0 aliphatic heterocycles. The number of hydrogen-bond acceptors (Lipinski definition) is 4. The van der Waals surface area contributed by atoms with Gasteiger partial charge in [0.05, 0.1) is 5.56 Å². The van der Waals surface area contributed by atoms with E-state index in [0.29, 0.717) is 29.6 Å².